The minimum absolute atomic E-state index is 0.725. The van der Waals surface area contributed by atoms with Crippen LogP contribution in [0.3, 0.4) is 0 Å². The van der Waals surface area contributed by atoms with Crippen molar-refractivity contribution in [3.05, 3.63) is 35.0 Å². The molecule has 0 unspecified atom stereocenters. The quantitative estimate of drug-likeness (QED) is 0.832. The van der Waals surface area contributed by atoms with Gasteiger partial charge in [0.25, 0.3) is 0 Å². The molecule has 1 aliphatic heterocycles. The summed E-state index contributed by atoms with van der Waals surface area (Å²) in [5.41, 5.74) is 2.14. The maximum atomic E-state index is 5.96. The Kier molecular flexibility index (Phi) is 3.29. The minimum atomic E-state index is 0.725. The van der Waals surface area contributed by atoms with Crippen LogP contribution >= 0.6 is 11.6 Å². The summed E-state index contributed by atoms with van der Waals surface area (Å²) in [5.74, 6) is 0. The van der Waals surface area contributed by atoms with E-state index in [1.807, 2.05) is 24.5 Å². The summed E-state index contributed by atoms with van der Waals surface area (Å²) in [7, 11) is 2.17. The van der Waals surface area contributed by atoms with Crippen LogP contribution in [0.2, 0.25) is 5.02 Å². The second-order valence-corrected chi connectivity index (χ2v) is 5.42. The molecular weight excluding hydrogens is 248 g/mol. The summed E-state index contributed by atoms with van der Waals surface area (Å²) in [4.78, 5) is 4.84. The predicted molar refractivity (Wildman–Crippen MR) is 74.0 cm³/mol. The second kappa shape index (κ2) is 4.92. The van der Waals surface area contributed by atoms with Crippen molar-refractivity contribution in [2.24, 2.45) is 0 Å². The van der Waals surface area contributed by atoms with Crippen LogP contribution < -0.4 is 0 Å². The molecule has 2 heterocycles. The number of rotatable bonds is 2. The first kappa shape index (κ1) is 12.0. The van der Waals surface area contributed by atoms with Gasteiger partial charge in [-0.05, 0) is 25.2 Å². The van der Waals surface area contributed by atoms with Gasteiger partial charge < -0.3 is 9.32 Å². The third-order valence-electron chi connectivity index (χ3n) is 3.61. The van der Waals surface area contributed by atoms with Gasteiger partial charge in [-0.15, -0.1) is 0 Å². The molecule has 1 saturated heterocycles. The summed E-state index contributed by atoms with van der Waals surface area (Å²) < 4.78 is 5.57. The number of nitrogens with zero attached hydrogens (tertiary/aromatic N) is 2. The molecule has 96 valence electrons. The van der Waals surface area contributed by atoms with Gasteiger partial charge in [0.05, 0.1) is 6.26 Å². The highest BCUT2D eigenvalue weighted by Gasteiger charge is 2.16. The molecule has 2 aromatic rings. The van der Waals surface area contributed by atoms with Gasteiger partial charge in [-0.3, -0.25) is 4.90 Å². The molecule has 0 aliphatic carbocycles. The van der Waals surface area contributed by atoms with E-state index in [0.29, 0.717) is 0 Å². The smallest absolute Gasteiger partial charge is 0.135 e. The Bertz CT molecular complexity index is 544. The van der Waals surface area contributed by atoms with Crippen LogP contribution in [0.5, 0.6) is 0 Å². The molecule has 0 radical (unpaired) electrons. The van der Waals surface area contributed by atoms with Crippen molar-refractivity contribution in [1.82, 2.24) is 9.80 Å². The Morgan fingerprint density at radius 2 is 2.00 bits per heavy atom. The lowest BCUT2D eigenvalue weighted by Crippen LogP contribution is -2.43. The summed E-state index contributed by atoms with van der Waals surface area (Å²) in [6.07, 6.45) is 1.86. The third-order valence-corrected chi connectivity index (χ3v) is 3.84. The van der Waals surface area contributed by atoms with Crippen molar-refractivity contribution in [2.45, 2.75) is 6.54 Å². The predicted octanol–water partition coefficient (Wildman–Crippen LogP) is 2.83. The monoisotopic (exact) mass is 264 g/mol. The molecule has 0 atom stereocenters. The average Bonchev–Trinajstić information content (AvgIpc) is 2.74. The maximum absolute atomic E-state index is 5.96. The van der Waals surface area contributed by atoms with Gasteiger partial charge in [-0.25, -0.2) is 0 Å². The molecule has 1 aromatic heterocycles. The summed E-state index contributed by atoms with van der Waals surface area (Å²) in [6, 6.07) is 5.85. The molecule has 4 heteroatoms. The second-order valence-electron chi connectivity index (χ2n) is 4.98. The molecule has 0 bridgehead atoms. The van der Waals surface area contributed by atoms with E-state index < -0.39 is 0 Å². The normalized spacial score (nSPS) is 18.6. The number of hydrogen-bond acceptors (Lipinski definition) is 3. The first-order chi connectivity index (χ1) is 8.72. The van der Waals surface area contributed by atoms with Crippen molar-refractivity contribution >= 4 is 22.6 Å². The van der Waals surface area contributed by atoms with E-state index in [4.69, 9.17) is 16.0 Å². The number of piperazine rings is 1. The van der Waals surface area contributed by atoms with Crippen LogP contribution in [-0.4, -0.2) is 43.0 Å². The number of likely N-dealkylation sites (N-methyl/N-ethyl adjacent to an activating group) is 1. The molecule has 1 aliphatic rings. The molecule has 0 N–H and O–H groups in total. The van der Waals surface area contributed by atoms with E-state index in [2.05, 4.69) is 16.8 Å². The lowest BCUT2D eigenvalue weighted by Gasteiger charge is -2.32. The lowest BCUT2D eigenvalue weighted by molar-refractivity contribution is 0.148. The third kappa shape index (κ3) is 2.39. The number of halogens is 1. The Balaban J connectivity index is 1.78. The fraction of sp³-hybridized carbons (Fsp3) is 0.429. The zero-order chi connectivity index (χ0) is 12.5. The highest BCUT2D eigenvalue weighted by Crippen LogP contribution is 2.25. The number of furan rings is 1. The number of benzene rings is 1. The molecular formula is C14H17ClN2O. The standard InChI is InChI=1S/C14H17ClN2O/c1-16-4-6-17(7-5-16)9-11-10-18-14-8-12(15)2-3-13(11)14/h2-3,8,10H,4-7,9H2,1H3. The van der Waals surface area contributed by atoms with Crippen LogP contribution in [0, 0.1) is 0 Å². The summed E-state index contributed by atoms with van der Waals surface area (Å²) in [5, 5.41) is 1.90. The van der Waals surface area contributed by atoms with E-state index in [-0.39, 0.29) is 0 Å². The van der Waals surface area contributed by atoms with Gasteiger partial charge in [-0.1, -0.05) is 11.6 Å². The van der Waals surface area contributed by atoms with Crippen LogP contribution in [0.15, 0.2) is 28.9 Å². The van der Waals surface area contributed by atoms with Crippen LogP contribution in [0.4, 0.5) is 0 Å². The van der Waals surface area contributed by atoms with Crippen molar-refractivity contribution < 1.29 is 4.42 Å². The van der Waals surface area contributed by atoms with E-state index in [9.17, 15) is 0 Å². The topological polar surface area (TPSA) is 19.6 Å². The van der Waals surface area contributed by atoms with Crippen LogP contribution in [0.25, 0.3) is 11.0 Å². The van der Waals surface area contributed by atoms with Gasteiger partial charge in [0, 0.05) is 48.7 Å². The molecule has 3 rings (SSSR count). The maximum Gasteiger partial charge on any atom is 0.135 e. The molecule has 1 fully saturated rings. The van der Waals surface area contributed by atoms with Crippen LogP contribution in [-0.2, 0) is 6.54 Å². The van der Waals surface area contributed by atoms with E-state index >= 15 is 0 Å². The Morgan fingerprint density at radius 1 is 1.22 bits per heavy atom. The number of fused-ring (bicyclic) bond motifs is 1. The molecule has 1 aromatic carbocycles. The van der Waals surface area contributed by atoms with Crippen molar-refractivity contribution in [3.63, 3.8) is 0 Å². The Hall–Kier alpha value is -1.03. The van der Waals surface area contributed by atoms with Crippen LogP contribution in [0.1, 0.15) is 5.56 Å². The fourth-order valence-corrected chi connectivity index (χ4v) is 2.59. The van der Waals surface area contributed by atoms with Gasteiger partial charge in [0.1, 0.15) is 5.58 Å². The first-order valence-electron chi connectivity index (χ1n) is 6.29. The zero-order valence-corrected chi connectivity index (χ0v) is 11.3. The lowest BCUT2D eigenvalue weighted by atomic mass is 10.1. The van der Waals surface area contributed by atoms with Gasteiger partial charge in [0.2, 0.25) is 0 Å². The molecule has 3 nitrogen and oxygen atoms in total. The Labute approximate surface area is 112 Å². The highest BCUT2D eigenvalue weighted by atomic mass is 35.5. The Morgan fingerprint density at radius 3 is 2.78 bits per heavy atom. The van der Waals surface area contributed by atoms with Gasteiger partial charge >= 0.3 is 0 Å². The molecule has 0 saturated carbocycles. The molecule has 0 spiro atoms. The molecule has 18 heavy (non-hydrogen) atoms. The molecule has 0 amide bonds. The van der Waals surface area contributed by atoms with Crippen molar-refractivity contribution in [2.75, 3.05) is 33.2 Å². The SMILES string of the molecule is CN1CCN(Cc2coc3cc(Cl)ccc23)CC1. The average molecular weight is 265 g/mol. The minimum Gasteiger partial charge on any atom is -0.464 e. The highest BCUT2D eigenvalue weighted by molar-refractivity contribution is 6.31. The largest absolute Gasteiger partial charge is 0.464 e. The summed E-state index contributed by atoms with van der Waals surface area (Å²) >= 11 is 5.96. The van der Waals surface area contributed by atoms with Crippen molar-refractivity contribution in [3.8, 4) is 0 Å². The number of hydrogen-bond donors (Lipinski definition) is 0. The first-order valence-corrected chi connectivity index (χ1v) is 6.67. The zero-order valence-electron chi connectivity index (χ0n) is 10.5. The van der Waals surface area contributed by atoms with Gasteiger partial charge in [0.15, 0.2) is 0 Å². The fourth-order valence-electron chi connectivity index (χ4n) is 2.43. The van der Waals surface area contributed by atoms with Gasteiger partial charge in [-0.2, -0.15) is 0 Å². The summed E-state index contributed by atoms with van der Waals surface area (Å²) in [6.45, 7) is 5.49. The van der Waals surface area contributed by atoms with E-state index in [1.54, 1.807) is 0 Å². The van der Waals surface area contributed by atoms with Crippen molar-refractivity contribution in [1.29, 1.82) is 0 Å². The van der Waals surface area contributed by atoms with E-state index in [1.165, 1.54) is 10.9 Å². The van der Waals surface area contributed by atoms with E-state index in [0.717, 1.165) is 43.3 Å².